The van der Waals surface area contributed by atoms with Gasteiger partial charge in [0.2, 0.25) is 5.91 Å². The molecule has 21 heavy (non-hydrogen) atoms. The zero-order valence-corrected chi connectivity index (χ0v) is 13.7. The van der Waals surface area contributed by atoms with Crippen molar-refractivity contribution in [2.75, 3.05) is 26.2 Å². The summed E-state index contributed by atoms with van der Waals surface area (Å²) >= 11 is 0. The molecule has 0 aromatic rings. The largest absolute Gasteiger partial charge is 0.377 e. The predicted octanol–water partition coefficient (Wildman–Crippen LogP) is 2.36. The second-order valence-electron chi connectivity index (χ2n) is 6.61. The summed E-state index contributed by atoms with van der Waals surface area (Å²) in [6.45, 7) is 3.18. The lowest BCUT2D eigenvalue weighted by Gasteiger charge is -2.44. The van der Waals surface area contributed by atoms with Crippen LogP contribution in [0.5, 0.6) is 0 Å². The van der Waals surface area contributed by atoms with Gasteiger partial charge in [0.05, 0.1) is 12.6 Å². The summed E-state index contributed by atoms with van der Waals surface area (Å²) in [4.78, 5) is 14.6. The molecule has 1 saturated carbocycles. The first-order valence-corrected chi connectivity index (χ1v) is 8.46. The highest BCUT2D eigenvalue weighted by Crippen LogP contribution is 2.35. The van der Waals surface area contributed by atoms with Gasteiger partial charge in [0.15, 0.2) is 0 Å². The minimum absolute atomic E-state index is 0. The molecule has 3 aliphatic rings. The van der Waals surface area contributed by atoms with E-state index in [4.69, 9.17) is 4.74 Å². The first kappa shape index (κ1) is 17.0. The van der Waals surface area contributed by atoms with Crippen LogP contribution in [0.4, 0.5) is 0 Å². The normalized spacial score (nSPS) is 32.4. The number of carbonyl (C=O) groups is 1. The van der Waals surface area contributed by atoms with Crippen LogP contribution in [0, 0.1) is 5.92 Å². The van der Waals surface area contributed by atoms with Gasteiger partial charge in [-0.1, -0.05) is 12.8 Å². The van der Waals surface area contributed by atoms with Gasteiger partial charge in [0, 0.05) is 25.7 Å². The minimum atomic E-state index is 0. The molecular weight excluding hydrogens is 288 g/mol. The molecule has 5 heteroatoms. The second kappa shape index (κ2) is 8.35. The fraction of sp³-hybridized carbons (Fsp3) is 0.938. The first-order chi connectivity index (χ1) is 9.84. The van der Waals surface area contributed by atoms with Crippen LogP contribution in [-0.2, 0) is 9.53 Å². The molecule has 1 aliphatic carbocycles. The van der Waals surface area contributed by atoms with Gasteiger partial charge in [-0.05, 0) is 44.4 Å². The molecule has 2 saturated heterocycles. The number of halogens is 1. The molecular formula is C16H29ClN2O2. The van der Waals surface area contributed by atoms with Crippen molar-refractivity contribution in [3.8, 4) is 0 Å². The molecule has 3 atom stereocenters. The van der Waals surface area contributed by atoms with Crippen LogP contribution in [0.2, 0.25) is 0 Å². The summed E-state index contributed by atoms with van der Waals surface area (Å²) in [5.74, 6) is 1.08. The van der Waals surface area contributed by atoms with Gasteiger partial charge in [0.25, 0.3) is 0 Å². The number of nitrogens with one attached hydrogen (secondary N) is 1. The summed E-state index contributed by atoms with van der Waals surface area (Å²) in [5, 5.41) is 3.30. The van der Waals surface area contributed by atoms with Gasteiger partial charge in [-0.2, -0.15) is 0 Å². The van der Waals surface area contributed by atoms with Gasteiger partial charge < -0.3 is 15.0 Å². The Morgan fingerprint density at radius 3 is 2.71 bits per heavy atom. The number of hydrogen-bond donors (Lipinski definition) is 1. The van der Waals surface area contributed by atoms with Crippen molar-refractivity contribution >= 4 is 18.3 Å². The summed E-state index contributed by atoms with van der Waals surface area (Å²) in [5.41, 5.74) is 0. The van der Waals surface area contributed by atoms with Gasteiger partial charge in [-0.25, -0.2) is 0 Å². The number of piperidine rings is 1. The monoisotopic (exact) mass is 316 g/mol. The maximum absolute atomic E-state index is 12.4. The van der Waals surface area contributed by atoms with Crippen LogP contribution in [0.15, 0.2) is 0 Å². The van der Waals surface area contributed by atoms with Gasteiger partial charge in [0.1, 0.15) is 0 Å². The van der Waals surface area contributed by atoms with E-state index in [0.717, 1.165) is 38.5 Å². The van der Waals surface area contributed by atoms with E-state index in [1.54, 1.807) is 0 Å². The van der Waals surface area contributed by atoms with E-state index in [1.165, 1.54) is 38.5 Å². The van der Waals surface area contributed by atoms with Crippen molar-refractivity contribution in [2.24, 2.45) is 5.92 Å². The van der Waals surface area contributed by atoms with Crippen molar-refractivity contribution < 1.29 is 9.53 Å². The molecule has 2 heterocycles. The molecule has 4 nitrogen and oxygen atoms in total. The van der Waals surface area contributed by atoms with E-state index >= 15 is 0 Å². The molecule has 0 spiro atoms. The number of fused-ring (bicyclic) bond motifs is 1. The lowest BCUT2D eigenvalue weighted by atomic mass is 9.78. The summed E-state index contributed by atoms with van der Waals surface area (Å²) in [6, 6.07) is 0.537. The predicted molar refractivity (Wildman–Crippen MR) is 85.8 cm³/mol. The SMILES string of the molecule is Cl.O=C(CNCC1CCCO1)N1CCCC2CCCCC21. The number of hydrogen-bond acceptors (Lipinski definition) is 3. The van der Waals surface area contributed by atoms with E-state index in [9.17, 15) is 4.79 Å². The van der Waals surface area contributed by atoms with Crippen LogP contribution < -0.4 is 5.32 Å². The van der Waals surface area contributed by atoms with Crippen molar-refractivity contribution in [3.05, 3.63) is 0 Å². The Kier molecular flexibility index (Phi) is 6.77. The van der Waals surface area contributed by atoms with Crippen molar-refractivity contribution in [1.82, 2.24) is 10.2 Å². The Hall–Kier alpha value is -0.320. The Morgan fingerprint density at radius 2 is 1.90 bits per heavy atom. The maximum Gasteiger partial charge on any atom is 0.236 e. The van der Waals surface area contributed by atoms with Crippen LogP contribution in [-0.4, -0.2) is 49.2 Å². The van der Waals surface area contributed by atoms with Gasteiger partial charge in [-0.15, -0.1) is 12.4 Å². The summed E-state index contributed by atoms with van der Waals surface area (Å²) < 4.78 is 5.58. The lowest BCUT2D eigenvalue weighted by molar-refractivity contribution is -0.136. The fourth-order valence-electron chi connectivity index (χ4n) is 4.18. The third-order valence-corrected chi connectivity index (χ3v) is 5.24. The summed E-state index contributed by atoms with van der Waals surface area (Å²) in [6.07, 6.45) is 10.4. The van der Waals surface area contributed by atoms with E-state index in [2.05, 4.69) is 10.2 Å². The zero-order chi connectivity index (χ0) is 13.8. The van der Waals surface area contributed by atoms with Crippen LogP contribution in [0.25, 0.3) is 0 Å². The topological polar surface area (TPSA) is 41.6 Å². The molecule has 2 aliphatic heterocycles. The number of carbonyl (C=O) groups excluding carboxylic acids is 1. The van der Waals surface area contributed by atoms with E-state index in [0.29, 0.717) is 24.6 Å². The van der Waals surface area contributed by atoms with Crippen molar-refractivity contribution in [1.29, 1.82) is 0 Å². The zero-order valence-electron chi connectivity index (χ0n) is 12.9. The second-order valence-corrected chi connectivity index (χ2v) is 6.61. The highest BCUT2D eigenvalue weighted by Gasteiger charge is 2.35. The van der Waals surface area contributed by atoms with Crippen molar-refractivity contribution in [3.63, 3.8) is 0 Å². The number of amides is 1. The fourth-order valence-corrected chi connectivity index (χ4v) is 4.18. The molecule has 0 bridgehead atoms. The standard InChI is InChI=1S/C16H28N2O2.ClH/c19-16(12-17-11-14-7-4-10-20-14)18-9-3-6-13-5-1-2-8-15(13)18;/h13-15,17H,1-12H2;1H. The Labute approximate surface area is 134 Å². The van der Waals surface area contributed by atoms with Gasteiger partial charge >= 0.3 is 0 Å². The van der Waals surface area contributed by atoms with Crippen LogP contribution in [0.3, 0.4) is 0 Å². The molecule has 0 radical (unpaired) electrons. The Balaban J connectivity index is 0.00000161. The molecule has 3 unspecified atom stereocenters. The molecule has 0 aromatic carbocycles. The van der Waals surface area contributed by atoms with Crippen LogP contribution >= 0.6 is 12.4 Å². The van der Waals surface area contributed by atoms with Crippen LogP contribution in [0.1, 0.15) is 51.4 Å². The average molecular weight is 317 g/mol. The molecule has 3 fully saturated rings. The molecule has 0 aromatic heterocycles. The number of ether oxygens (including phenoxy) is 1. The van der Waals surface area contributed by atoms with E-state index in [-0.39, 0.29) is 12.4 Å². The first-order valence-electron chi connectivity index (χ1n) is 8.46. The maximum atomic E-state index is 12.4. The number of nitrogens with zero attached hydrogens (tertiary/aromatic N) is 1. The van der Waals surface area contributed by atoms with E-state index < -0.39 is 0 Å². The minimum Gasteiger partial charge on any atom is -0.377 e. The average Bonchev–Trinajstić information content (AvgIpc) is 3.00. The van der Waals surface area contributed by atoms with Crippen molar-refractivity contribution in [2.45, 2.75) is 63.5 Å². The van der Waals surface area contributed by atoms with Gasteiger partial charge in [-0.3, -0.25) is 4.79 Å². The molecule has 1 N–H and O–H groups in total. The summed E-state index contributed by atoms with van der Waals surface area (Å²) in [7, 11) is 0. The highest BCUT2D eigenvalue weighted by atomic mass is 35.5. The third kappa shape index (κ3) is 4.33. The Morgan fingerprint density at radius 1 is 1.10 bits per heavy atom. The highest BCUT2D eigenvalue weighted by molar-refractivity contribution is 5.85. The number of rotatable bonds is 4. The lowest BCUT2D eigenvalue weighted by Crippen LogP contribution is -2.52. The quantitative estimate of drug-likeness (QED) is 0.865. The smallest absolute Gasteiger partial charge is 0.236 e. The molecule has 3 rings (SSSR count). The molecule has 1 amide bonds. The number of likely N-dealkylation sites (tertiary alicyclic amines) is 1. The third-order valence-electron chi connectivity index (χ3n) is 5.24. The van der Waals surface area contributed by atoms with E-state index in [1.807, 2.05) is 0 Å². The Bertz CT molecular complexity index is 332. The molecule has 122 valence electrons.